The fraction of sp³-hybridized carbons (Fsp3) is 0.500. The summed E-state index contributed by atoms with van der Waals surface area (Å²) in [6, 6.07) is 0. The Labute approximate surface area is 93.4 Å². The minimum atomic E-state index is 0.714. The summed E-state index contributed by atoms with van der Waals surface area (Å²) in [5, 5.41) is 7.04. The van der Waals surface area contributed by atoms with Gasteiger partial charge in [0.15, 0.2) is 0 Å². The number of allylic oxidation sites excluding steroid dienone is 1. The normalized spacial score (nSPS) is 8.67. The zero-order chi connectivity index (χ0) is 12.3. The van der Waals surface area contributed by atoms with Gasteiger partial charge in [0, 0.05) is 13.3 Å². The highest BCUT2D eigenvalue weighted by Gasteiger charge is 2.00. The van der Waals surface area contributed by atoms with E-state index in [-0.39, 0.29) is 0 Å². The van der Waals surface area contributed by atoms with Crippen molar-refractivity contribution in [3.63, 3.8) is 0 Å². The second-order valence-corrected chi connectivity index (χ2v) is 2.27. The first-order chi connectivity index (χ1) is 7.29. The number of nitrogens with zero attached hydrogens (tertiary/aromatic N) is 2. The second-order valence-electron chi connectivity index (χ2n) is 2.27. The molecule has 3 heteroatoms. The van der Waals surface area contributed by atoms with Gasteiger partial charge >= 0.3 is 0 Å². The monoisotopic (exact) mass is 209 g/mol. The van der Waals surface area contributed by atoms with Crippen molar-refractivity contribution < 1.29 is 0 Å². The van der Waals surface area contributed by atoms with E-state index < -0.39 is 0 Å². The first kappa shape index (κ1) is 16.1. The summed E-state index contributed by atoms with van der Waals surface area (Å²) in [7, 11) is 1.91. The maximum atomic E-state index is 7.04. The summed E-state index contributed by atoms with van der Waals surface area (Å²) in [6.45, 7) is 9.95. The lowest BCUT2D eigenvalue weighted by Gasteiger charge is -1.94. The Kier molecular flexibility index (Phi) is 11.5. The molecule has 1 heterocycles. The van der Waals surface area contributed by atoms with Crippen LogP contribution in [-0.2, 0) is 7.05 Å². The van der Waals surface area contributed by atoms with Gasteiger partial charge < -0.3 is 9.98 Å². The molecule has 0 atom stereocenters. The van der Waals surface area contributed by atoms with E-state index in [1.165, 1.54) is 6.21 Å². The molecule has 15 heavy (non-hydrogen) atoms. The molecular weight excluding hydrogens is 186 g/mol. The number of hydrogen-bond donors (Lipinski definition) is 1. The van der Waals surface area contributed by atoms with Gasteiger partial charge in [-0.1, -0.05) is 33.8 Å². The van der Waals surface area contributed by atoms with Crippen LogP contribution in [0.3, 0.4) is 0 Å². The van der Waals surface area contributed by atoms with Crippen molar-refractivity contribution in [3.05, 3.63) is 23.8 Å². The lowest BCUT2D eigenvalue weighted by molar-refractivity contribution is 0.902. The highest BCUT2D eigenvalue weighted by Crippen LogP contribution is 2.05. The summed E-state index contributed by atoms with van der Waals surface area (Å²) < 4.78 is 1.89. The van der Waals surface area contributed by atoms with Crippen LogP contribution in [0.2, 0.25) is 0 Å². The van der Waals surface area contributed by atoms with E-state index in [4.69, 9.17) is 5.41 Å². The van der Waals surface area contributed by atoms with Crippen molar-refractivity contribution >= 4 is 12.3 Å². The van der Waals surface area contributed by atoms with E-state index in [9.17, 15) is 0 Å². The van der Waals surface area contributed by atoms with Crippen molar-refractivity contribution in [2.75, 3.05) is 0 Å². The van der Waals surface area contributed by atoms with Gasteiger partial charge in [0.1, 0.15) is 5.69 Å². The summed E-state index contributed by atoms with van der Waals surface area (Å²) in [6.07, 6.45) is 6.84. The smallest absolute Gasteiger partial charge is 0.106 e. The highest BCUT2D eigenvalue weighted by molar-refractivity contribution is 5.79. The molecule has 0 saturated heterocycles. The molecule has 0 bridgehead atoms. The molecule has 0 amide bonds. The molecule has 1 aromatic heterocycles. The van der Waals surface area contributed by atoms with Gasteiger partial charge in [-0.2, -0.15) is 0 Å². The van der Waals surface area contributed by atoms with Gasteiger partial charge in [-0.25, -0.2) is 4.98 Å². The molecule has 0 spiro atoms. The molecule has 1 rings (SSSR count). The lowest BCUT2D eigenvalue weighted by atomic mass is 10.3. The van der Waals surface area contributed by atoms with Crippen molar-refractivity contribution in [2.45, 2.75) is 34.6 Å². The molecule has 0 aliphatic carbocycles. The van der Waals surface area contributed by atoms with Gasteiger partial charge in [0.05, 0.1) is 12.0 Å². The van der Waals surface area contributed by atoms with Gasteiger partial charge in [-0.15, -0.1) is 0 Å². The minimum absolute atomic E-state index is 0.714. The number of imidazole rings is 1. The average molecular weight is 209 g/mol. The van der Waals surface area contributed by atoms with E-state index in [0.29, 0.717) is 5.69 Å². The minimum Gasteiger partial charge on any atom is -0.334 e. The molecule has 0 aliphatic heterocycles. The summed E-state index contributed by atoms with van der Waals surface area (Å²) >= 11 is 0. The second kappa shape index (κ2) is 10.7. The molecular formula is C12H23N3. The van der Waals surface area contributed by atoms with Crippen molar-refractivity contribution in [2.24, 2.45) is 7.05 Å². The molecule has 0 fully saturated rings. The van der Waals surface area contributed by atoms with Crippen LogP contribution in [0.25, 0.3) is 6.08 Å². The van der Waals surface area contributed by atoms with Gasteiger partial charge in [-0.3, -0.25) is 0 Å². The molecule has 0 saturated carbocycles. The van der Waals surface area contributed by atoms with Crippen LogP contribution >= 0.6 is 0 Å². The summed E-state index contributed by atoms with van der Waals surface area (Å²) in [4.78, 5) is 4.02. The third-order valence-electron chi connectivity index (χ3n) is 1.47. The van der Waals surface area contributed by atoms with Crippen LogP contribution in [0.5, 0.6) is 0 Å². The number of hydrogen-bond acceptors (Lipinski definition) is 2. The molecule has 1 N–H and O–H groups in total. The van der Waals surface area contributed by atoms with Gasteiger partial charge in [0.2, 0.25) is 0 Å². The van der Waals surface area contributed by atoms with E-state index >= 15 is 0 Å². The van der Waals surface area contributed by atoms with Crippen LogP contribution in [-0.4, -0.2) is 15.8 Å². The number of aromatic nitrogens is 2. The number of rotatable bonds is 2. The molecule has 1 aromatic rings. The molecule has 3 nitrogen and oxygen atoms in total. The Morgan fingerprint density at radius 2 is 1.80 bits per heavy atom. The summed E-state index contributed by atoms with van der Waals surface area (Å²) in [5.41, 5.74) is 1.69. The van der Waals surface area contributed by atoms with E-state index in [1.54, 1.807) is 6.33 Å². The van der Waals surface area contributed by atoms with E-state index in [1.807, 2.05) is 58.4 Å². The predicted molar refractivity (Wildman–Crippen MR) is 68.5 cm³/mol. The number of nitrogens with one attached hydrogen (secondary N) is 1. The maximum Gasteiger partial charge on any atom is 0.106 e. The standard InChI is InChI=1S/C8H11N3.2C2H6/c1-3-4-8-7(5-9)10-6-11(8)2;2*1-2/h3-6,9H,1-2H3;2*1-2H3/b4-3-,9-5?;;. The third kappa shape index (κ3) is 5.15. The fourth-order valence-corrected chi connectivity index (χ4v) is 0.930. The van der Waals surface area contributed by atoms with E-state index in [2.05, 4.69) is 4.98 Å². The SMILES string of the molecule is C/C=C\c1c(C=N)ncn1C.CC.CC. The van der Waals surface area contributed by atoms with Gasteiger partial charge in [-0.05, 0) is 13.0 Å². The average Bonchev–Trinajstić information content (AvgIpc) is 2.66. The first-order valence-electron chi connectivity index (χ1n) is 5.44. The van der Waals surface area contributed by atoms with Gasteiger partial charge in [0.25, 0.3) is 0 Å². The Hall–Kier alpha value is -1.38. The number of aryl methyl sites for hydroxylation is 1. The Morgan fingerprint density at radius 1 is 1.27 bits per heavy atom. The van der Waals surface area contributed by atoms with Crippen LogP contribution in [0.4, 0.5) is 0 Å². The predicted octanol–water partition coefficient (Wildman–Crippen LogP) is 3.50. The zero-order valence-corrected chi connectivity index (χ0v) is 10.7. The van der Waals surface area contributed by atoms with Crippen molar-refractivity contribution in [1.29, 1.82) is 5.41 Å². The summed E-state index contributed by atoms with van der Waals surface area (Å²) in [5.74, 6) is 0. The zero-order valence-electron chi connectivity index (χ0n) is 10.7. The van der Waals surface area contributed by atoms with Crippen LogP contribution in [0.1, 0.15) is 46.0 Å². The van der Waals surface area contributed by atoms with Crippen molar-refractivity contribution in [3.8, 4) is 0 Å². The Morgan fingerprint density at radius 3 is 2.20 bits per heavy atom. The maximum absolute atomic E-state index is 7.04. The first-order valence-corrected chi connectivity index (χ1v) is 5.44. The van der Waals surface area contributed by atoms with Crippen LogP contribution < -0.4 is 0 Å². The highest BCUT2D eigenvalue weighted by atomic mass is 15.0. The molecule has 0 aromatic carbocycles. The Balaban J connectivity index is 0. The molecule has 0 unspecified atom stereocenters. The molecule has 86 valence electrons. The van der Waals surface area contributed by atoms with E-state index in [0.717, 1.165) is 5.69 Å². The fourth-order valence-electron chi connectivity index (χ4n) is 0.930. The quantitative estimate of drug-likeness (QED) is 0.744. The topological polar surface area (TPSA) is 41.7 Å². The van der Waals surface area contributed by atoms with Crippen LogP contribution in [0.15, 0.2) is 12.4 Å². The molecule has 0 radical (unpaired) electrons. The van der Waals surface area contributed by atoms with Crippen LogP contribution in [0, 0.1) is 5.41 Å². The van der Waals surface area contributed by atoms with Crippen molar-refractivity contribution in [1.82, 2.24) is 9.55 Å². The largest absolute Gasteiger partial charge is 0.334 e. The lowest BCUT2D eigenvalue weighted by Crippen LogP contribution is -1.90. The Bertz CT molecular complexity index is 285. The molecule has 0 aliphatic rings. The third-order valence-corrected chi connectivity index (χ3v) is 1.47.